The number of hydrogen-bond acceptors (Lipinski definition) is 6. The van der Waals surface area contributed by atoms with E-state index in [2.05, 4.69) is 15.9 Å². The van der Waals surface area contributed by atoms with Gasteiger partial charge in [0.2, 0.25) is 5.75 Å². The maximum Gasteiger partial charge on any atom is 0.204 e. The van der Waals surface area contributed by atoms with E-state index in [1.54, 1.807) is 38.5 Å². The van der Waals surface area contributed by atoms with Crippen molar-refractivity contribution in [2.75, 3.05) is 35.5 Å². The third kappa shape index (κ3) is 4.48. The second-order valence-electron chi connectivity index (χ2n) is 5.47. The van der Waals surface area contributed by atoms with Crippen molar-refractivity contribution in [3.63, 3.8) is 0 Å². The van der Waals surface area contributed by atoms with Crippen LogP contribution in [0.2, 0.25) is 0 Å². The second kappa shape index (κ2) is 9.53. The molecule has 7 heteroatoms. The molecule has 0 spiro atoms. The topological polar surface area (TPSA) is 66.4 Å². The smallest absolute Gasteiger partial charge is 0.204 e. The highest BCUT2D eigenvalue weighted by atomic mass is 79.9. The minimum Gasteiger partial charge on any atom is -0.493 e. The van der Waals surface area contributed by atoms with Gasteiger partial charge in [-0.15, -0.1) is 0 Å². The summed E-state index contributed by atoms with van der Waals surface area (Å²) in [5.74, 6) is 2.62. The average molecular weight is 439 g/mol. The normalized spacial score (nSPS) is 12.0. The third-order valence-corrected chi connectivity index (χ3v) is 4.81. The molecule has 0 aliphatic carbocycles. The molecule has 0 aromatic heterocycles. The molecule has 1 N–H and O–H groups in total. The monoisotopic (exact) mass is 438 g/mol. The Labute approximate surface area is 167 Å². The Hall–Kier alpha value is -2.38. The fourth-order valence-electron chi connectivity index (χ4n) is 2.62. The van der Waals surface area contributed by atoms with E-state index in [0.29, 0.717) is 38.8 Å². The molecule has 0 saturated carbocycles. The molecule has 0 amide bonds. The van der Waals surface area contributed by atoms with Gasteiger partial charge in [0.1, 0.15) is 0 Å². The first-order valence-corrected chi connectivity index (χ1v) is 8.86. The quantitative estimate of drug-likeness (QED) is 0.664. The van der Waals surface area contributed by atoms with Crippen molar-refractivity contribution in [3.05, 3.63) is 45.9 Å². The molecule has 0 aliphatic rings. The van der Waals surface area contributed by atoms with Gasteiger partial charge in [-0.25, -0.2) is 0 Å². The molecule has 2 aromatic rings. The van der Waals surface area contributed by atoms with E-state index in [1.807, 2.05) is 12.1 Å². The molecule has 1 atom stereocenters. The summed E-state index contributed by atoms with van der Waals surface area (Å²) in [6.07, 6.45) is 2.55. The molecule has 0 fully saturated rings. The van der Waals surface area contributed by atoms with Crippen molar-refractivity contribution in [2.24, 2.45) is 0 Å². The van der Waals surface area contributed by atoms with Crippen molar-refractivity contribution in [3.8, 4) is 28.7 Å². The highest BCUT2D eigenvalue weighted by molar-refractivity contribution is 9.10. The van der Waals surface area contributed by atoms with E-state index in [9.17, 15) is 5.11 Å². The fraction of sp³-hybridized carbons (Fsp3) is 0.300. The predicted molar refractivity (Wildman–Crippen MR) is 107 cm³/mol. The van der Waals surface area contributed by atoms with Crippen LogP contribution in [0.5, 0.6) is 28.7 Å². The first kappa shape index (κ1) is 20.9. The zero-order chi connectivity index (χ0) is 20.0. The minimum atomic E-state index is -0.902. The Morgan fingerprint density at radius 1 is 0.815 bits per heavy atom. The first-order chi connectivity index (χ1) is 13.0. The molecule has 0 radical (unpaired) electrons. The molecule has 0 saturated heterocycles. The summed E-state index contributed by atoms with van der Waals surface area (Å²) in [5.41, 5.74) is 1.44. The first-order valence-electron chi connectivity index (χ1n) is 8.07. The summed E-state index contributed by atoms with van der Waals surface area (Å²) in [6.45, 7) is 0. The second-order valence-corrected chi connectivity index (χ2v) is 6.26. The van der Waals surface area contributed by atoms with E-state index in [1.165, 1.54) is 21.3 Å². The van der Waals surface area contributed by atoms with Gasteiger partial charge in [-0.05, 0) is 39.7 Å². The van der Waals surface area contributed by atoms with E-state index >= 15 is 0 Å². The van der Waals surface area contributed by atoms with Crippen molar-refractivity contribution in [1.82, 2.24) is 0 Å². The molecular weight excluding hydrogens is 416 g/mol. The number of aliphatic hydroxyl groups is 1. The summed E-state index contributed by atoms with van der Waals surface area (Å²) in [5, 5.41) is 10.7. The fourth-order valence-corrected chi connectivity index (χ4v) is 3.31. The van der Waals surface area contributed by atoms with Gasteiger partial charge in [-0.2, -0.15) is 0 Å². The number of benzene rings is 2. The number of aliphatic hydroxyl groups excluding tert-OH is 1. The summed E-state index contributed by atoms with van der Waals surface area (Å²) in [7, 11) is 7.74. The molecule has 1 unspecified atom stereocenters. The Bertz CT molecular complexity index is 819. The maximum absolute atomic E-state index is 10.7. The van der Waals surface area contributed by atoms with Crippen LogP contribution in [0.3, 0.4) is 0 Å². The Kier molecular flexibility index (Phi) is 7.38. The van der Waals surface area contributed by atoms with Gasteiger partial charge in [0.05, 0.1) is 46.1 Å². The molecule has 27 heavy (non-hydrogen) atoms. The van der Waals surface area contributed by atoms with Crippen LogP contribution in [0.25, 0.3) is 6.08 Å². The Morgan fingerprint density at radius 2 is 1.44 bits per heavy atom. The Morgan fingerprint density at radius 3 is 2.00 bits per heavy atom. The van der Waals surface area contributed by atoms with Crippen molar-refractivity contribution < 1.29 is 28.8 Å². The molecule has 2 aromatic carbocycles. The highest BCUT2D eigenvalue weighted by Gasteiger charge is 2.21. The van der Waals surface area contributed by atoms with Gasteiger partial charge in [0, 0.05) is 5.56 Å². The van der Waals surface area contributed by atoms with Crippen molar-refractivity contribution >= 4 is 22.0 Å². The lowest BCUT2D eigenvalue weighted by Crippen LogP contribution is -2.02. The largest absolute Gasteiger partial charge is 0.493 e. The van der Waals surface area contributed by atoms with Gasteiger partial charge < -0.3 is 28.8 Å². The van der Waals surface area contributed by atoms with Crippen LogP contribution in [-0.4, -0.2) is 40.7 Å². The number of methoxy groups -OCH3 is 5. The van der Waals surface area contributed by atoms with Crippen LogP contribution in [0.15, 0.2) is 34.8 Å². The maximum atomic E-state index is 10.7. The van der Waals surface area contributed by atoms with Crippen LogP contribution >= 0.6 is 15.9 Å². The van der Waals surface area contributed by atoms with Crippen LogP contribution < -0.4 is 23.7 Å². The van der Waals surface area contributed by atoms with Crippen molar-refractivity contribution in [1.29, 1.82) is 0 Å². The molecule has 0 aliphatic heterocycles. The van der Waals surface area contributed by atoms with E-state index < -0.39 is 6.10 Å². The van der Waals surface area contributed by atoms with E-state index in [-0.39, 0.29) is 0 Å². The van der Waals surface area contributed by atoms with Gasteiger partial charge in [-0.1, -0.05) is 18.2 Å². The zero-order valence-corrected chi connectivity index (χ0v) is 17.5. The Balaban J connectivity index is 2.38. The van der Waals surface area contributed by atoms with Gasteiger partial charge in [0.15, 0.2) is 23.0 Å². The SMILES string of the molecule is COc1ccc(/C=C/C(O)c2cc(OC)c(OC)c(OC)c2Br)cc1OC. The summed E-state index contributed by atoms with van der Waals surface area (Å²) in [6, 6.07) is 7.20. The average Bonchev–Trinajstić information content (AvgIpc) is 2.70. The zero-order valence-electron chi connectivity index (χ0n) is 15.9. The summed E-state index contributed by atoms with van der Waals surface area (Å²) >= 11 is 3.47. The van der Waals surface area contributed by atoms with E-state index in [0.717, 1.165) is 5.56 Å². The lowest BCUT2D eigenvalue weighted by Gasteiger charge is -2.18. The van der Waals surface area contributed by atoms with Crippen molar-refractivity contribution in [2.45, 2.75) is 6.10 Å². The van der Waals surface area contributed by atoms with Crippen LogP contribution in [0.1, 0.15) is 17.2 Å². The standard InChI is InChI=1S/C20H23BrO6/c1-23-15-9-7-12(10-16(15)24-2)6-8-14(22)13-11-17(25-3)19(26-4)20(27-5)18(13)21/h6-11,14,22H,1-5H3/b8-6+. The number of rotatable bonds is 8. The van der Waals surface area contributed by atoms with Gasteiger partial charge >= 0.3 is 0 Å². The van der Waals surface area contributed by atoms with E-state index in [4.69, 9.17) is 23.7 Å². The molecule has 146 valence electrons. The highest BCUT2D eigenvalue weighted by Crippen LogP contribution is 2.46. The minimum absolute atomic E-state index is 0.449. The van der Waals surface area contributed by atoms with Crippen LogP contribution in [0, 0.1) is 0 Å². The molecule has 6 nitrogen and oxygen atoms in total. The van der Waals surface area contributed by atoms with Gasteiger partial charge in [-0.3, -0.25) is 0 Å². The van der Waals surface area contributed by atoms with Crippen LogP contribution in [0.4, 0.5) is 0 Å². The molecular formula is C20H23BrO6. The molecule has 0 heterocycles. The van der Waals surface area contributed by atoms with Gasteiger partial charge in [0.25, 0.3) is 0 Å². The summed E-state index contributed by atoms with van der Waals surface area (Å²) < 4.78 is 27.2. The van der Waals surface area contributed by atoms with Crippen LogP contribution in [-0.2, 0) is 0 Å². The molecule has 2 rings (SSSR count). The molecule has 0 bridgehead atoms. The summed E-state index contributed by atoms with van der Waals surface area (Å²) in [4.78, 5) is 0. The predicted octanol–water partition coefficient (Wildman–Crippen LogP) is 4.24. The third-order valence-electron chi connectivity index (χ3n) is 3.99. The lowest BCUT2D eigenvalue weighted by atomic mass is 10.1. The number of ether oxygens (including phenoxy) is 5. The number of hydrogen-bond donors (Lipinski definition) is 1. The lowest BCUT2D eigenvalue weighted by molar-refractivity contribution is 0.226. The number of halogens is 1.